The molecule has 122 valence electrons. The molecule has 2 aromatic rings. The van der Waals surface area contributed by atoms with Crippen LogP contribution in [0.2, 0.25) is 0 Å². The molecule has 0 bridgehead atoms. The molecule has 2 aromatic heterocycles. The van der Waals surface area contributed by atoms with Crippen molar-refractivity contribution in [2.75, 3.05) is 0 Å². The summed E-state index contributed by atoms with van der Waals surface area (Å²) in [6.45, 7) is 4.58. The van der Waals surface area contributed by atoms with Gasteiger partial charge in [0.05, 0.1) is 0 Å². The van der Waals surface area contributed by atoms with Gasteiger partial charge >= 0.3 is 149 Å². The monoisotopic (exact) mass is 430 g/mol. The molecular weight excluding hydrogens is 398 g/mol. The number of rotatable bonds is 11. The standard InChI is InChI=1S/C20H30Se2/c1-3-5-7-9-11-17-13-15-19(21-17)20-16-14-18(22-20)12-10-8-6-4-2/h13-16H,3-12H2,1-2H3. The quantitative estimate of drug-likeness (QED) is 0.318. The van der Waals surface area contributed by atoms with Crippen molar-refractivity contribution in [2.24, 2.45) is 0 Å². The second kappa shape index (κ2) is 10.7. The number of hydrogen-bond acceptors (Lipinski definition) is 0. The van der Waals surface area contributed by atoms with E-state index in [1.807, 2.05) is 0 Å². The first kappa shape index (κ1) is 18.3. The maximum atomic E-state index is 2.43. The third kappa shape index (κ3) is 6.25. The molecule has 0 unspecified atom stereocenters. The predicted molar refractivity (Wildman–Crippen MR) is 101 cm³/mol. The summed E-state index contributed by atoms with van der Waals surface area (Å²) in [4.78, 5) is 0. The van der Waals surface area contributed by atoms with Gasteiger partial charge in [0.2, 0.25) is 0 Å². The van der Waals surface area contributed by atoms with Crippen molar-refractivity contribution in [3.05, 3.63) is 33.1 Å². The molecule has 2 heterocycles. The van der Waals surface area contributed by atoms with Crippen molar-refractivity contribution in [1.29, 1.82) is 0 Å². The SMILES string of the molecule is CCCCCCc1ccc(-c2ccc(CCCCCC)[se]2)[se]1. The van der Waals surface area contributed by atoms with E-state index in [0.29, 0.717) is 29.0 Å². The fourth-order valence-electron chi connectivity index (χ4n) is 2.74. The Morgan fingerprint density at radius 2 is 1.05 bits per heavy atom. The fraction of sp³-hybridized carbons (Fsp3) is 0.600. The van der Waals surface area contributed by atoms with Gasteiger partial charge in [-0.25, -0.2) is 0 Å². The minimum absolute atomic E-state index is 0.630. The Labute approximate surface area is 148 Å². The number of aryl methyl sites for hydroxylation is 2. The van der Waals surface area contributed by atoms with E-state index in [0.717, 1.165) is 0 Å². The number of unbranched alkanes of at least 4 members (excludes halogenated alkanes) is 6. The Kier molecular flexibility index (Phi) is 8.93. The summed E-state index contributed by atoms with van der Waals surface area (Å²) in [5.74, 6) is 0. The Morgan fingerprint density at radius 1 is 0.591 bits per heavy atom. The average molecular weight is 428 g/mol. The molecule has 0 N–H and O–H groups in total. The van der Waals surface area contributed by atoms with Gasteiger partial charge in [-0.3, -0.25) is 0 Å². The molecule has 0 aliphatic rings. The molecule has 0 saturated heterocycles. The molecule has 22 heavy (non-hydrogen) atoms. The molecule has 0 nitrogen and oxygen atoms in total. The summed E-state index contributed by atoms with van der Waals surface area (Å²) < 4.78 is 6.81. The van der Waals surface area contributed by atoms with Crippen molar-refractivity contribution < 1.29 is 0 Å². The van der Waals surface area contributed by atoms with Crippen LogP contribution in [0, 0.1) is 0 Å². The van der Waals surface area contributed by atoms with Crippen molar-refractivity contribution in [3.8, 4) is 8.87 Å². The summed E-state index contributed by atoms with van der Waals surface area (Å²) in [7, 11) is 0. The molecule has 0 aliphatic heterocycles. The van der Waals surface area contributed by atoms with Gasteiger partial charge in [-0.05, 0) is 0 Å². The zero-order chi connectivity index (χ0) is 15.6. The van der Waals surface area contributed by atoms with Gasteiger partial charge in [0, 0.05) is 0 Å². The van der Waals surface area contributed by atoms with E-state index in [2.05, 4.69) is 38.1 Å². The summed E-state index contributed by atoms with van der Waals surface area (Å²) >= 11 is 1.26. The van der Waals surface area contributed by atoms with Crippen LogP contribution in [0.3, 0.4) is 0 Å². The Bertz CT molecular complexity index is 473. The van der Waals surface area contributed by atoms with Crippen LogP contribution < -0.4 is 0 Å². The van der Waals surface area contributed by atoms with Crippen molar-refractivity contribution in [2.45, 2.75) is 78.1 Å². The van der Waals surface area contributed by atoms with E-state index in [-0.39, 0.29) is 0 Å². The first-order valence-corrected chi connectivity index (χ1v) is 12.4. The van der Waals surface area contributed by atoms with Crippen LogP contribution in [0.5, 0.6) is 0 Å². The molecule has 0 radical (unpaired) electrons. The molecule has 2 heteroatoms. The zero-order valence-electron chi connectivity index (χ0n) is 14.2. The average Bonchev–Trinajstić information content (AvgIpc) is 3.17. The first-order chi connectivity index (χ1) is 10.8. The first-order valence-electron chi connectivity index (χ1n) is 9.01. The maximum absolute atomic E-state index is 2.43. The predicted octanol–water partition coefficient (Wildman–Crippen LogP) is 5.71. The molecule has 0 aromatic carbocycles. The summed E-state index contributed by atoms with van der Waals surface area (Å²) in [6.07, 6.45) is 13.8. The third-order valence-corrected chi connectivity index (χ3v) is 9.72. The minimum atomic E-state index is 0.630. The molecule has 0 amide bonds. The molecule has 0 atom stereocenters. The molecular formula is C20H30Se2. The third-order valence-electron chi connectivity index (χ3n) is 4.12. The van der Waals surface area contributed by atoms with Gasteiger partial charge < -0.3 is 0 Å². The van der Waals surface area contributed by atoms with Gasteiger partial charge in [0.25, 0.3) is 0 Å². The van der Waals surface area contributed by atoms with Crippen LogP contribution in [-0.4, -0.2) is 29.0 Å². The van der Waals surface area contributed by atoms with Gasteiger partial charge in [0.15, 0.2) is 0 Å². The zero-order valence-corrected chi connectivity index (χ0v) is 17.6. The van der Waals surface area contributed by atoms with E-state index in [4.69, 9.17) is 0 Å². The molecule has 0 saturated carbocycles. The fourth-order valence-corrected chi connectivity index (χ4v) is 7.72. The molecule has 2 rings (SSSR count). The van der Waals surface area contributed by atoms with Crippen molar-refractivity contribution in [3.63, 3.8) is 0 Å². The van der Waals surface area contributed by atoms with Crippen LogP contribution in [0.25, 0.3) is 8.87 Å². The Morgan fingerprint density at radius 3 is 1.45 bits per heavy atom. The molecule has 0 spiro atoms. The van der Waals surface area contributed by atoms with Crippen LogP contribution >= 0.6 is 0 Å². The number of hydrogen-bond donors (Lipinski definition) is 0. The van der Waals surface area contributed by atoms with Gasteiger partial charge in [-0.15, -0.1) is 0 Å². The van der Waals surface area contributed by atoms with E-state index < -0.39 is 0 Å². The van der Waals surface area contributed by atoms with Gasteiger partial charge in [-0.2, -0.15) is 0 Å². The van der Waals surface area contributed by atoms with E-state index in [9.17, 15) is 0 Å². The summed E-state index contributed by atoms with van der Waals surface area (Å²) in [5, 5.41) is 0. The van der Waals surface area contributed by atoms with Crippen molar-refractivity contribution in [1.82, 2.24) is 0 Å². The van der Waals surface area contributed by atoms with Gasteiger partial charge in [-0.1, -0.05) is 0 Å². The molecule has 0 fully saturated rings. The van der Waals surface area contributed by atoms with Crippen LogP contribution in [-0.2, 0) is 12.8 Å². The topological polar surface area (TPSA) is 0 Å². The Balaban J connectivity index is 1.81. The van der Waals surface area contributed by atoms with Crippen LogP contribution in [0.4, 0.5) is 0 Å². The normalized spacial score (nSPS) is 11.2. The van der Waals surface area contributed by atoms with E-state index in [1.54, 1.807) is 17.7 Å². The second-order valence-corrected chi connectivity index (χ2v) is 11.1. The van der Waals surface area contributed by atoms with Crippen LogP contribution in [0.1, 0.15) is 74.1 Å². The van der Waals surface area contributed by atoms with Gasteiger partial charge in [0.1, 0.15) is 0 Å². The second-order valence-electron chi connectivity index (χ2n) is 6.15. The molecule has 0 aliphatic carbocycles. The summed E-state index contributed by atoms with van der Waals surface area (Å²) in [5.41, 5.74) is 0. The summed E-state index contributed by atoms with van der Waals surface area (Å²) in [6, 6.07) is 9.71. The van der Waals surface area contributed by atoms with Crippen LogP contribution in [0.15, 0.2) is 24.3 Å². The Hall–Kier alpha value is -0.00104. The van der Waals surface area contributed by atoms with E-state index in [1.165, 1.54) is 64.2 Å². The van der Waals surface area contributed by atoms with E-state index >= 15 is 0 Å². The van der Waals surface area contributed by atoms with Crippen molar-refractivity contribution >= 4 is 29.0 Å².